The molecule has 21 heavy (non-hydrogen) atoms. The Morgan fingerprint density at radius 2 is 2.24 bits per heavy atom. The van der Waals surface area contributed by atoms with Crippen molar-refractivity contribution in [2.45, 2.75) is 19.9 Å². The monoisotopic (exact) mass is 352 g/mol. The molecule has 0 spiro atoms. The predicted molar refractivity (Wildman–Crippen MR) is 80.0 cm³/mol. The molecular weight excluding hydrogens is 340 g/mol. The summed E-state index contributed by atoms with van der Waals surface area (Å²) >= 11 is 3.24. The highest BCUT2D eigenvalue weighted by Gasteiger charge is 2.15. The van der Waals surface area contributed by atoms with Gasteiger partial charge in [0.25, 0.3) is 5.88 Å². The first-order valence-corrected chi connectivity index (χ1v) is 7.08. The molecule has 1 heterocycles. The van der Waals surface area contributed by atoms with E-state index in [1.54, 1.807) is 12.3 Å². The lowest BCUT2D eigenvalue weighted by Crippen LogP contribution is -2.21. The van der Waals surface area contributed by atoms with E-state index in [4.69, 9.17) is 9.84 Å². The van der Waals surface area contributed by atoms with E-state index in [9.17, 15) is 9.59 Å². The molecule has 0 unspecified atom stereocenters. The number of rotatable bonds is 5. The highest BCUT2D eigenvalue weighted by atomic mass is 79.9. The van der Waals surface area contributed by atoms with Crippen LogP contribution in [-0.2, 0) is 6.54 Å². The van der Waals surface area contributed by atoms with Crippen molar-refractivity contribution in [3.8, 4) is 11.6 Å². The van der Waals surface area contributed by atoms with E-state index in [0.717, 1.165) is 6.42 Å². The van der Waals surface area contributed by atoms with E-state index in [-0.39, 0.29) is 17.2 Å². The van der Waals surface area contributed by atoms with Crippen LogP contribution < -0.4 is 10.3 Å². The van der Waals surface area contributed by atoms with Crippen molar-refractivity contribution in [3.63, 3.8) is 0 Å². The number of halogens is 1. The lowest BCUT2D eigenvalue weighted by molar-refractivity contribution is 0.0694. The van der Waals surface area contributed by atoms with Gasteiger partial charge < -0.3 is 14.4 Å². The number of carbonyl (C=O) groups is 1. The Hall–Kier alpha value is -2.15. The second kappa shape index (κ2) is 6.53. The first-order chi connectivity index (χ1) is 10.0. The molecule has 1 N–H and O–H groups in total. The Labute approximate surface area is 129 Å². The summed E-state index contributed by atoms with van der Waals surface area (Å²) in [6.45, 7) is 2.49. The maximum atomic E-state index is 12.1. The fraction of sp³-hybridized carbons (Fsp3) is 0.214. The summed E-state index contributed by atoms with van der Waals surface area (Å²) in [5.74, 6) is -1.22. The van der Waals surface area contributed by atoms with Crippen molar-refractivity contribution in [3.05, 3.63) is 51.0 Å². The van der Waals surface area contributed by atoms with Gasteiger partial charge in [0.05, 0.1) is 0 Å². The van der Waals surface area contributed by atoms with Gasteiger partial charge in [-0.05, 0) is 24.6 Å². The van der Waals surface area contributed by atoms with E-state index in [2.05, 4.69) is 20.9 Å². The Bertz CT molecular complexity index is 727. The van der Waals surface area contributed by atoms with Crippen LogP contribution in [0.15, 0.2) is 39.9 Å². The molecule has 7 heteroatoms. The quantitative estimate of drug-likeness (QED) is 0.894. The highest BCUT2D eigenvalue weighted by molar-refractivity contribution is 9.10. The molecule has 0 aliphatic rings. The van der Waals surface area contributed by atoms with Gasteiger partial charge in [0.2, 0.25) is 0 Å². The van der Waals surface area contributed by atoms with Crippen LogP contribution in [0.2, 0.25) is 0 Å². The molecule has 0 bridgehead atoms. The maximum absolute atomic E-state index is 12.1. The number of hydrogen-bond donors (Lipinski definition) is 1. The molecule has 2 aromatic rings. The topological polar surface area (TPSA) is 81.4 Å². The molecule has 0 aliphatic carbocycles. The van der Waals surface area contributed by atoms with Crippen LogP contribution in [0.3, 0.4) is 0 Å². The minimum atomic E-state index is -1.14. The minimum absolute atomic E-state index is 0.0368. The largest absolute Gasteiger partial charge is 0.478 e. The molecule has 2 rings (SSSR count). The van der Waals surface area contributed by atoms with E-state index >= 15 is 0 Å². The molecule has 0 aliphatic heterocycles. The number of ether oxygens (including phenoxy) is 1. The van der Waals surface area contributed by atoms with Crippen LogP contribution in [0.1, 0.15) is 23.7 Å². The summed E-state index contributed by atoms with van der Waals surface area (Å²) in [7, 11) is 0. The normalized spacial score (nSPS) is 10.4. The summed E-state index contributed by atoms with van der Waals surface area (Å²) in [6.07, 6.45) is 3.81. The van der Waals surface area contributed by atoms with E-state index in [1.807, 2.05) is 6.92 Å². The first kappa shape index (κ1) is 15.2. The zero-order chi connectivity index (χ0) is 15.4. The van der Waals surface area contributed by atoms with Crippen molar-refractivity contribution in [2.75, 3.05) is 0 Å². The maximum Gasteiger partial charge on any atom is 0.339 e. The summed E-state index contributed by atoms with van der Waals surface area (Å²) in [5.41, 5.74) is -0.430. The van der Waals surface area contributed by atoms with Crippen molar-refractivity contribution in [1.29, 1.82) is 0 Å². The molecule has 0 atom stereocenters. The van der Waals surface area contributed by atoms with Gasteiger partial charge in [-0.25, -0.2) is 9.78 Å². The summed E-state index contributed by atoms with van der Waals surface area (Å²) in [6, 6.07) is 4.47. The van der Waals surface area contributed by atoms with Crippen molar-refractivity contribution >= 4 is 21.9 Å². The van der Waals surface area contributed by atoms with Gasteiger partial charge in [-0.2, -0.15) is 0 Å². The summed E-state index contributed by atoms with van der Waals surface area (Å²) in [5, 5.41) is 9.14. The SMILES string of the molecule is CCCn1ccnc(Oc2cc(Br)ccc2C(=O)O)c1=O. The van der Waals surface area contributed by atoms with Crippen LogP contribution in [0.5, 0.6) is 11.6 Å². The Morgan fingerprint density at radius 3 is 2.90 bits per heavy atom. The minimum Gasteiger partial charge on any atom is -0.478 e. The Kier molecular flexibility index (Phi) is 4.74. The van der Waals surface area contributed by atoms with Gasteiger partial charge in [-0.1, -0.05) is 22.9 Å². The number of carboxylic acid groups (broad SMARTS) is 1. The second-order valence-electron chi connectivity index (χ2n) is 4.28. The van der Waals surface area contributed by atoms with Gasteiger partial charge in [0.1, 0.15) is 11.3 Å². The van der Waals surface area contributed by atoms with Crippen molar-refractivity contribution in [2.24, 2.45) is 0 Å². The Balaban J connectivity index is 2.43. The molecule has 0 amide bonds. The highest BCUT2D eigenvalue weighted by Crippen LogP contribution is 2.26. The van der Waals surface area contributed by atoms with E-state index in [0.29, 0.717) is 11.0 Å². The average Bonchev–Trinajstić information content (AvgIpc) is 2.43. The average molecular weight is 353 g/mol. The van der Waals surface area contributed by atoms with Crippen LogP contribution in [0.25, 0.3) is 0 Å². The number of benzene rings is 1. The third kappa shape index (κ3) is 3.49. The number of carboxylic acids is 1. The molecule has 0 saturated carbocycles. The number of aromatic carboxylic acids is 1. The van der Waals surface area contributed by atoms with Gasteiger partial charge in [0.15, 0.2) is 0 Å². The molecule has 1 aromatic carbocycles. The number of hydrogen-bond acceptors (Lipinski definition) is 4. The molecule has 0 radical (unpaired) electrons. The predicted octanol–water partition coefficient (Wildman–Crippen LogP) is 2.91. The van der Waals surface area contributed by atoms with Crippen LogP contribution in [-0.4, -0.2) is 20.6 Å². The third-order valence-corrected chi connectivity index (χ3v) is 3.22. The third-order valence-electron chi connectivity index (χ3n) is 2.73. The smallest absolute Gasteiger partial charge is 0.339 e. The molecule has 6 nitrogen and oxygen atoms in total. The van der Waals surface area contributed by atoms with E-state index < -0.39 is 11.5 Å². The van der Waals surface area contributed by atoms with Crippen molar-refractivity contribution in [1.82, 2.24) is 9.55 Å². The number of nitrogens with zero attached hydrogens (tertiary/aromatic N) is 2. The summed E-state index contributed by atoms with van der Waals surface area (Å²) in [4.78, 5) is 27.2. The fourth-order valence-electron chi connectivity index (χ4n) is 1.78. The standard InChI is InChI=1S/C14H13BrN2O4/c1-2-6-17-7-5-16-12(13(17)18)21-11-8-9(15)3-4-10(11)14(19)20/h3-5,7-8H,2,6H2,1H3,(H,19,20). The zero-order valence-electron chi connectivity index (χ0n) is 11.2. The first-order valence-electron chi connectivity index (χ1n) is 6.29. The van der Waals surface area contributed by atoms with Gasteiger partial charge in [-0.3, -0.25) is 4.79 Å². The number of aryl methyl sites for hydroxylation is 1. The van der Waals surface area contributed by atoms with Crippen LogP contribution in [0.4, 0.5) is 0 Å². The summed E-state index contributed by atoms with van der Waals surface area (Å²) < 4.78 is 7.53. The zero-order valence-corrected chi connectivity index (χ0v) is 12.8. The number of aromatic nitrogens is 2. The molecule has 1 aromatic heterocycles. The van der Waals surface area contributed by atoms with E-state index in [1.165, 1.54) is 22.9 Å². The fourth-order valence-corrected chi connectivity index (χ4v) is 2.12. The lowest BCUT2D eigenvalue weighted by Gasteiger charge is -2.09. The Morgan fingerprint density at radius 1 is 1.48 bits per heavy atom. The van der Waals surface area contributed by atoms with Gasteiger partial charge in [-0.15, -0.1) is 0 Å². The van der Waals surface area contributed by atoms with Crippen molar-refractivity contribution < 1.29 is 14.6 Å². The molecule has 0 saturated heterocycles. The molecule has 110 valence electrons. The van der Waals surface area contributed by atoms with Gasteiger partial charge >= 0.3 is 11.5 Å². The lowest BCUT2D eigenvalue weighted by atomic mass is 10.2. The van der Waals surface area contributed by atoms with Crippen LogP contribution >= 0.6 is 15.9 Å². The molecular formula is C14H13BrN2O4. The van der Waals surface area contributed by atoms with Gasteiger partial charge in [0, 0.05) is 23.4 Å². The van der Waals surface area contributed by atoms with Crippen LogP contribution in [0, 0.1) is 0 Å². The molecule has 0 fully saturated rings. The second-order valence-corrected chi connectivity index (χ2v) is 5.19.